The van der Waals surface area contributed by atoms with Gasteiger partial charge in [0.1, 0.15) is 5.69 Å². The molecule has 0 bridgehead atoms. The highest BCUT2D eigenvalue weighted by atomic mass is 15.1. The first-order valence-electron chi connectivity index (χ1n) is 20.4. The van der Waals surface area contributed by atoms with Crippen molar-refractivity contribution in [1.82, 2.24) is 19.1 Å². The molecule has 0 fully saturated rings. The van der Waals surface area contributed by atoms with Crippen molar-refractivity contribution in [2.75, 3.05) is 0 Å². The Morgan fingerprint density at radius 3 is 1.93 bits per heavy atom. The van der Waals surface area contributed by atoms with Crippen molar-refractivity contribution in [1.29, 1.82) is 0 Å². The summed E-state index contributed by atoms with van der Waals surface area (Å²) in [5.74, 6) is 0.820. The molecule has 13 rings (SSSR count). The third-order valence-corrected chi connectivity index (χ3v) is 13.1. The van der Waals surface area contributed by atoms with Crippen molar-refractivity contribution in [3.63, 3.8) is 0 Å². The summed E-state index contributed by atoms with van der Waals surface area (Å²) in [5, 5.41) is 9.78. The summed E-state index contributed by atoms with van der Waals surface area (Å²) in [5.41, 5.74) is 14.5. The standard InChI is InChI=1S/C55H36N4/c1-55(2)44-19-9-7-17-39(44)41-30-36(23-26-45(41)55)53-54(57-47-21-11-10-20-46(47)56-53)59-49-28-25-37(32-43(49)52-38-16-6-5-13-33(38)24-27-50(52)59)58-48-22-12-8-18-40(48)42-29-34-14-3-4-15-35(34)31-51(42)58/h3-32H,1-2H3. The van der Waals surface area contributed by atoms with Crippen molar-refractivity contribution < 1.29 is 0 Å². The van der Waals surface area contributed by atoms with Crippen molar-refractivity contribution in [3.8, 4) is 33.9 Å². The molecule has 0 unspecified atom stereocenters. The highest BCUT2D eigenvalue weighted by molar-refractivity contribution is 6.22. The van der Waals surface area contributed by atoms with Crippen LogP contribution in [-0.2, 0) is 5.41 Å². The van der Waals surface area contributed by atoms with E-state index in [1.807, 2.05) is 6.07 Å². The highest BCUT2D eigenvalue weighted by Gasteiger charge is 2.35. The van der Waals surface area contributed by atoms with Gasteiger partial charge in [0.05, 0.1) is 33.1 Å². The van der Waals surface area contributed by atoms with Gasteiger partial charge in [-0.2, -0.15) is 0 Å². The lowest BCUT2D eigenvalue weighted by Gasteiger charge is -2.21. The summed E-state index contributed by atoms with van der Waals surface area (Å²) in [4.78, 5) is 11.0. The van der Waals surface area contributed by atoms with Gasteiger partial charge in [0.25, 0.3) is 0 Å². The van der Waals surface area contributed by atoms with Crippen molar-refractivity contribution >= 4 is 76.2 Å². The van der Waals surface area contributed by atoms with E-state index in [-0.39, 0.29) is 5.41 Å². The van der Waals surface area contributed by atoms with Crippen LogP contribution in [-0.4, -0.2) is 19.1 Å². The van der Waals surface area contributed by atoms with Crippen molar-refractivity contribution in [3.05, 3.63) is 193 Å². The molecular weight excluding hydrogens is 717 g/mol. The molecule has 1 aliphatic rings. The van der Waals surface area contributed by atoms with E-state index in [9.17, 15) is 0 Å². The Morgan fingerprint density at radius 1 is 0.407 bits per heavy atom. The van der Waals surface area contributed by atoms with Gasteiger partial charge in [0, 0.05) is 38.2 Å². The van der Waals surface area contributed by atoms with Crippen LogP contribution in [0.15, 0.2) is 182 Å². The second kappa shape index (κ2) is 11.7. The second-order valence-corrected chi connectivity index (χ2v) is 16.6. The van der Waals surface area contributed by atoms with Gasteiger partial charge in [-0.05, 0) is 104 Å². The van der Waals surface area contributed by atoms with Crippen LogP contribution in [0.4, 0.5) is 0 Å². The van der Waals surface area contributed by atoms with E-state index in [0.29, 0.717) is 0 Å². The van der Waals surface area contributed by atoms with Gasteiger partial charge >= 0.3 is 0 Å². The number of nitrogens with zero attached hydrogens (tertiary/aromatic N) is 4. The maximum absolute atomic E-state index is 5.52. The third kappa shape index (κ3) is 4.49. The predicted molar refractivity (Wildman–Crippen MR) is 246 cm³/mol. The summed E-state index contributed by atoms with van der Waals surface area (Å²) < 4.78 is 4.80. The molecule has 0 N–H and O–H groups in total. The molecule has 59 heavy (non-hydrogen) atoms. The normalized spacial score (nSPS) is 13.4. The number of benzene rings is 9. The molecule has 1 aliphatic carbocycles. The molecule has 0 atom stereocenters. The number of fused-ring (bicyclic) bond motifs is 13. The average Bonchev–Trinajstić information content (AvgIpc) is 3.87. The van der Waals surface area contributed by atoms with Gasteiger partial charge in [-0.25, -0.2) is 9.97 Å². The van der Waals surface area contributed by atoms with Gasteiger partial charge in [-0.1, -0.05) is 135 Å². The molecule has 4 heteroatoms. The van der Waals surface area contributed by atoms with Gasteiger partial charge in [-0.3, -0.25) is 4.57 Å². The zero-order valence-corrected chi connectivity index (χ0v) is 32.6. The fourth-order valence-electron chi connectivity index (χ4n) is 10.3. The number of rotatable bonds is 3. The van der Waals surface area contributed by atoms with Crippen molar-refractivity contribution in [2.45, 2.75) is 19.3 Å². The average molecular weight is 753 g/mol. The topological polar surface area (TPSA) is 35.6 Å². The molecule has 12 aromatic rings. The first kappa shape index (κ1) is 32.5. The van der Waals surface area contributed by atoms with Gasteiger partial charge in [0.15, 0.2) is 5.82 Å². The second-order valence-electron chi connectivity index (χ2n) is 16.6. The fourth-order valence-corrected chi connectivity index (χ4v) is 10.3. The third-order valence-electron chi connectivity index (χ3n) is 13.1. The Labute approximate surface area is 340 Å². The number of hydrogen-bond acceptors (Lipinski definition) is 2. The van der Waals surface area contributed by atoms with Crippen LogP contribution in [0.1, 0.15) is 25.0 Å². The Bertz CT molecular complexity index is 3770. The molecule has 0 radical (unpaired) electrons. The monoisotopic (exact) mass is 752 g/mol. The number of hydrogen-bond donors (Lipinski definition) is 0. The lowest BCUT2D eigenvalue weighted by Crippen LogP contribution is -2.14. The maximum atomic E-state index is 5.52. The van der Waals surface area contributed by atoms with Crippen LogP contribution in [0.5, 0.6) is 0 Å². The minimum atomic E-state index is -0.0859. The summed E-state index contributed by atoms with van der Waals surface area (Å²) in [6.07, 6.45) is 0. The first-order chi connectivity index (χ1) is 29.0. The van der Waals surface area contributed by atoms with E-state index in [1.165, 1.54) is 76.4 Å². The van der Waals surface area contributed by atoms with E-state index in [0.717, 1.165) is 44.8 Å². The van der Waals surface area contributed by atoms with E-state index in [4.69, 9.17) is 9.97 Å². The number of aromatic nitrogens is 4. The quantitative estimate of drug-likeness (QED) is 0.180. The fraction of sp³-hybridized carbons (Fsp3) is 0.0545. The van der Waals surface area contributed by atoms with Crippen LogP contribution < -0.4 is 0 Å². The van der Waals surface area contributed by atoms with E-state index >= 15 is 0 Å². The Hall–Kier alpha value is -7.56. The van der Waals surface area contributed by atoms with Crippen LogP contribution >= 0.6 is 0 Å². The molecule has 276 valence electrons. The molecule has 9 aromatic carbocycles. The molecule has 0 aliphatic heterocycles. The zero-order valence-electron chi connectivity index (χ0n) is 32.6. The number of para-hydroxylation sites is 3. The SMILES string of the molecule is CC1(C)c2ccccc2-c2cc(-c3nc4ccccc4nc3-n3c4ccc(-n5c6ccccc6c6cc7ccccc7cc65)cc4c4c5ccccc5ccc43)ccc21. The van der Waals surface area contributed by atoms with E-state index in [1.54, 1.807) is 0 Å². The van der Waals surface area contributed by atoms with E-state index < -0.39 is 0 Å². The molecule has 0 spiro atoms. The lowest BCUT2D eigenvalue weighted by molar-refractivity contribution is 0.660. The van der Waals surface area contributed by atoms with Crippen LogP contribution in [0, 0.1) is 0 Å². The maximum Gasteiger partial charge on any atom is 0.165 e. The first-order valence-corrected chi connectivity index (χ1v) is 20.4. The lowest BCUT2D eigenvalue weighted by atomic mass is 9.82. The van der Waals surface area contributed by atoms with Crippen LogP contribution in [0.25, 0.3) is 110 Å². The molecule has 3 aromatic heterocycles. The molecule has 4 nitrogen and oxygen atoms in total. The molecule has 0 amide bonds. The minimum Gasteiger partial charge on any atom is -0.309 e. The zero-order chi connectivity index (χ0) is 39.0. The van der Waals surface area contributed by atoms with Gasteiger partial charge in [-0.15, -0.1) is 0 Å². The Kier molecular flexibility index (Phi) is 6.48. The Morgan fingerprint density at radius 2 is 1.07 bits per heavy atom. The highest BCUT2D eigenvalue weighted by Crippen LogP contribution is 2.50. The molecule has 0 saturated carbocycles. The van der Waals surface area contributed by atoms with Gasteiger partial charge in [0.2, 0.25) is 0 Å². The van der Waals surface area contributed by atoms with E-state index in [2.05, 4.69) is 199 Å². The van der Waals surface area contributed by atoms with Crippen LogP contribution in [0.3, 0.4) is 0 Å². The van der Waals surface area contributed by atoms with Crippen LogP contribution in [0.2, 0.25) is 0 Å². The van der Waals surface area contributed by atoms with Crippen molar-refractivity contribution in [2.24, 2.45) is 0 Å². The predicted octanol–water partition coefficient (Wildman–Crippen LogP) is 14.1. The smallest absolute Gasteiger partial charge is 0.165 e. The van der Waals surface area contributed by atoms with Gasteiger partial charge < -0.3 is 4.57 Å². The molecule has 0 saturated heterocycles. The summed E-state index contributed by atoms with van der Waals surface area (Å²) >= 11 is 0. The Balaban J connectivity index is 1.12. The summed E-state index contributed by atoms with van der Waals surface area (Å²) in [7, 11) is 0. The summed E-state index contributed by atoms with van der Waals surface area (Å²) in [6, 6.07) is 66.4. The molecular formula is C55H36N4. The molecule has 3 heterocycles. The largest absolute Gasteiger partial charge is 0.309 e. The summed E-state index contributed by atoms with van der Waals surface area (Å²) in [6.45, 7) is 4.66. The minimum absolute atomic E-state index is 0.0859.